The first-order chi connectivity index (χ1) is 18.3. The van der Waals surface area contributed by atoms with Crippen LogP contribution in [0.4, 0.5) is 17.1 Å². The molecule has 38 heavy (non-hydrogen) atoms. The van der Waals surface area contributed by atoms with Crippen LogP contribution in [-0.2, 0) is 14.4 Å². The fourth-order valence-electron chi connectivity index (χ4n) is 4.87. The Bertz CT molecular complexity index is 1570. The number of anilines is 2. The predicted octanol–water partition coefficient (Wildman–Crippen LogP) is 6.21. The van der Waals surface area contributed by atoms with Gasteiger partial charge in [-0.3, -0.25) is 24.5 Å². The third-order valence-corrected chi connectivity index (χ3v) is 7.04. The predicted molar refractivity (Wildman–Crippen MR) is 140 cm³/mol. The molecule has 0 spiro atoms. The number of hydroxylamine groups is 1. The molecule has 0 saturated carbocycles. The molecule has 2 amide bonds. The van der Waals surface area contributed by atoms with E-state index in [2.05, 4.69) is 0 Å². The molecule has 0 N–H and O–H groups in total. The lowest BCUT2D eigenvalue weighted by molar-refractivity contribution is -0.384. The minimum Gasteiger partial charge on any atom is -0.458 e. The van der Waals surface area contributed by atoms with E-state index in [1.807, 2.05) is 6.07 Å². The summed E-state index contributed by atoms with van der Waals surface area (Å²) in [7, 11) is 0. The number of furan rings is 1. The second-order valence-electron chi connectivity index (χ2n) is 8.77. The number of nitro groups is 1. The monoisotopic (exact) mass is 549 g/mol. The van der Waals surface area contributed by atoms with Crippen molar-refractivity contribution in [2.24, 2.45) is 5.92 Å². The first kappa shape index (κ1) is 24.2. The highest BCUT2D eigenvalue weighted by Gasteiger charge is 2.61. The van der Waals surface area contributed by atoms with Crippen LogP contribution in [0.3, 0.4) is 0 Å². The van der Waals surface area contributed by atoms with Crippen molar-refractivity contribution in [1.82, 2.24) is 0 Å². The molecule has 0 radical (unpaired) electrons. The van der Waals surface area contributed by atoms with E-state index < -0.39 is 34.8 Å². The van der Waals surface area contributed by atoms with E-state index in [1.165, 1.54) is 23.3 Å². The summed E-state index contributed by atoms with van der Waals surface area (Å²) in [6.07, 6.45) is -1.10. The lowest BCUT2D eigenvalue weighted by Crippen LogP contribution is -2.37. The Kier molecular flexibility index (Phi) is 5.91. The molecule has 1 aromatic heterocycles. The molecular formula is C27H17Cl2N3O6. The summed E-state index contributed by atoms with van der Waals surface area (Å²) in [4.78, 5) is 45.4. The van der Waals surface area contributed by atoms with E-state index in [0.717, 1.165) is 4.90 Å². The number of nitro benzene ring substituents is 1. The summed E-state index contributed by atoms with van der Waals surface area (Å²) >= 11 is 12.0. The van der Waals surface area contributed by atoms with Gasteiger partial charge in [0.25, 0.3) is 11.6 Å². The number of amides is 2. The van der Waals surface area contributed by atoms with E-state index in [-0.39, 0.29) is 22.0 Å². The molecule has 9 nitrogen and oxygen atoms in total. The third-order valence-electron chi connectivity index (χ3n) is 6.55. The molecule has 11 heteroatoms. The number of nitrogens with zero attached hydrogens (tertiary/aromatic N) is 3. The smallest absolute Gasteiger partial charge is 0.281 e. The summed E-state index contributed by atoms with van der Waals surface area (Å²) in [6, 6.07) is 22.0. The van der Waals surface area contributed by atoms with Crippen LogP contribution in [0.1, 0.15) is 11.8 Å². The Labute approximate surface area is 225 Å². The van der Waals surface area contributed by atoms with Gasteiger partial charge in [-0.15, -0.1) is 0 Å². The second-order valence-corrected chi connectivity index (χ2v) is 9.64. The van der Waals surface area contributed by atoms with Crippen molar-refractivity contribution < 1.29 is 23.8 Å². The Hall–Kier alpha value is -4.18. The fraction of sp³-hybridized carbons (Fsp3) is 0.111. The molecule has 3 heterocycles. The zero-order chi connectivity index (χ0) is 26.6. The highest BCUT2D eigenvalue weighted by Crippen LogP contribution is 2.48. The largest absolute Gasteiger partial charge is 0.458 e. The standard InChI is InChI=1S/C27H17Cl2N3O6/c28-15-6-9-17(10-7-15)30-26(33)23-24(31(38-25(23)27(30)34)18-4-2-1-3-5-18)22-13-12-21(37-22)19-11-8-16(29)14-20(19)32(35)36/h1-14,23-25H/t23-,24-,25+/m0/s1. The average Bonchev–Trinajstić information content (AvgIpc) is 3.60. The molecule has 0 aliphatic carbocycles. The first-order valence-electron chi connectivity index (χ1n) is 11.5. The number of benzene rings is 3. The van der Waals surface area contributed by atoms with E-state index >= 15 is 0 Å². The SMILES string of the molecule is O=C1[C@@H]2[C@@H](ON(c3ccccc3)[C@H]2c2ccc(-c3ccc(Cl)cc3[N+](=O)[O-])o2)C(=O)N1c1ccc(Cl)cc1. The van der Waals surface area contributed by atoms with Crippen LogP contribution in [0.15, 0.2) is 89.3 Å². The Morgan fingerprint density at radius 2 is 1.53 bits per heavy atom. The molecule has 0 bridgehead atoms. The summed E-state index contributed by atoms with van der Waals surface area (Å²) in [5.41, 5.74) is 0.995. The molecule has 3 atom stereocenters. The minimum absolute atomic E-state index is 0.214. The van der Waals surface area contributed by atoms with Crippen LogP contribution in [-0.4, -0.2) is 22.8 Å². The van der Waals surface area contributed by atoms with E-state index in [9.17, 15) is 19.7 Å². The number of rotatable bonds is 5. The van der Waals surface area contributed by atoms with Crippen molar-refractivity contribution in [3.63, 3.8) is 0 Å². The maximum absolute atomic E-state index is 13.7. The van der Waals surface area contributed by atoms with Crippen molar-refractivity contribution in [3.8, 4) is 11.3 Å². The van der Waals surface area contributed by atoms with Crippen LogP contribution in [0.2, 0.25) is 10.0 Å². The molecule has 4 aromatic rings. The summed E-state index contributed by atoms with van der Waals surface area (Å²) in [6.45, 7) is 0. The Balaban J connectivity index is 1.43. The zero-order valence-corrected chi connectivity index (χ0v) is 20.9. The molecule has 3 aromatic carbocycles. The van der Waals surface area contributed by atoms with Gasteiger partial charge in [-0.1, -0.05) is 41.4 Å². The number of fused-ring (bicyclic) bond motifs is 1. The molecule has 190 valence electrons. The molecule has 2 aliphatic heterocycles. The quantitative estimate of drug-likeness (QED) is 0.165. The number of carbonyl (C=O) groups is 2. The summed E-state index contributed by atoms with van der Waals surface area (Å²) in [5.74, 6) is -1.38. The van der Waals surface area contributed by atoms with Gasteiger partial charge in [-0.05, 0) is 60.7 Å². The van der Waals surface area contributed by atoms with Crippen LogP contribution >= 0.6 is 23.2 Å². The molecular weight excluding hydrogens is 533 g/mol. The number of hydrogen-bond acceptors (Lipinski definition) is 7. The molecule has 2 fully saturated rings. The van der Waals surface area contributed by atoms with Gasteiger partial charge in [0.05, 0.1) is 21.9 Å². The van der Waals surface area contributed by atoms with Crippen molar-refractivity contribution >= 4 is 52.1 Å². The van der Waals surface area contributed by atoms with Gasteiger partial charge in [-0.2, -0.15) is 0 Å². The van der Waals surface area contributed by atoms with Gasteiger partial charge in [0.2, 0.25) is 5.91 Å². The number of para-hydroxylation sites is 1. The maximum atomic E-state index is 13.7. The van der Waals surface area contributed by atoms with Crippen LogP contribution in [0.5, 0.6) is 0 Å². The van der Waals surface area contributed by atoms with Gasteiger partial charge in [-0.25, -0.2) is 9.96 Å². The van der Waals surface area contributed by atoms with Crippen molar-refractivity contribution in [2.75, 3.05) is 9.96 Å². The summed E-state index contributed by atoms with van der Waals surface area (Å²) < 4.78 is 6.12. The Morgan fingerprint density at radius 1 is 0.816 bits per heavy atom. The van der Waals surface area contributed by atoms with Gasteiger partial charge in [0.1, 0.15) is 23.5 Å². The van der Waals surface area contributed by atoms with Gasteiger partial charge in [0, 0.05) is 16.1 Å². The van der Waals surface area contributed by atoms with Gasteiger partial charge in [0.15, 0.2) is 6.10 Å². The van der Waals surface area contributed by atoms with Crippen LogP contribution in [0.25, 0.3) is 11.3 Å². The maximum Gasteiger partial charge on any atom is 0.281 e. The van der Waals surface area contributed by atoms with E-state index in [4.69, 9.17) is 32.5 Å². The highest BCUT2D eigenvalue weighted by molar-refractivity contribution is 6.31. The van der Waals surface area contributed by atoms with Crippen LogP contribution < -0.4 is 9.96 Å². The van der Waals surface area contributed by atoms with E-state index in [1.54, 1.807) is 60.7 Å². The topological polar surface area (TPSA) is 106 Å². The molecule has 2 aliphatic rings. The number of halogens is 2. The number of hydrogen-bond donors (Lipinski definition) is 0. The first-order valence-corrected chi connectivity index (χ1v) is 12.3. The second kappa shape index (κ2) is 9.29. The lowest BCUT2D eigenvalue weighted by atomic mass is 9.94. The van der Waals surface area contributed by atoms with E-state index in [0.29, 0.717) is 22.2 Å². The molecule has 6 rings (SSSR count). The third kappa shape index (κ3) is 3.92. The van der Waals surface area contributed by atoms with Crippen molar-refractivity contribution in [2.45, 2.75) is 12.1 Å². The molecule has 2 saturated heterocycles. The Morgan fingerprint density at radius 3 is 2.24 bits per heavy atom. The fourth-order valence-corrected chi connectivity index (χ4v) is 5.16. The highest BCUT2D eigenvalue weighted by atomic mass is 35.5. The summed E-state index contributed by atoms with van der Waals surface area (Å²) in [5, 5.41) is 13.8. The van der Waals surface area contributed by atoms with Crippen molar-refractivity contribution in [3.05, 3.63) is 111 Å². The van der Waals surface area contributed by atoms with Gasteiger partial charge < -0.3 is 4.42 Å². The van der Waals surface area contributed by atoms with Crippen LogP contribution in [0, 0.1) is 16.0 Å². The molecule has 0 unspecified atom stereocenters. The zero-order valence-electron chi connectivity index (χ0n) is 19.4. The number of carbonyl (C=O) groups excluding carboxylic acids is 2. The normalized spacial score (nSPS) is 20.7. The average molecular weight is 550 g/mol. The van der Waals surface area contributed by atoms with Gasteiger partial charge >= 0.3 is 0 Å². The number of imide groups is 1. The lowest BCUT2D eigenvalue weighted by Gasteiger charge is -2.27. The minimum atomic E-state index is -1.10. The van der Waals surface area contributed by atoms with Crippen molar-refractivity contribution in [1.29, 1.82) is 0 Å².